The molecule has 19 heavy (non-hydrogen) atoms. The van der Waals surface area contributed by atoms with E-state index in [1.54, 1.807) is 12.3 Å². The van der Waals surface area contributed by atoms with Crippen molar-refractivity contribution >= 4 is 5.78 Å². The third kappa shape index (κ3) is 3.79. The molecule has 1 heterocycles. The molecule has 1 aromatic rings. The molecule has 1 aliphatic rings. The van der Waals surface area contributed by atoms with Crippen LogP contribution in [0.5, 0.6) is 5.75 Å². The largest absolute Gasteiger partial charge is 0.489 e. The van der Waals surface area contributed by atoms with Crippen molar-refractivity contribution in [2.24, 2.45) is 5.92 Å². The van der Waals surface area contributed by atoms with Gasteiger partial charge in [-0.15, -0.1) is 0 Å². The molecule has 0 aromatic carbocycles. The Kier molecular flexibility index (Phi) is 4.94. The number of Topliss-reactive ketones (excluding diaryl/α,β-unsaturated/α-hetero) is 1. The Morgan fingerprint density at radius 1 is 1.37 bits per heavy atom. The molecule has 1 fully saturated rings. The van der Waals surface area contributed by atoms with Gasteiger partial charge in [-0.05, 0) is 37.3 Å². The Morgan fingerprint density at radius 3 is 2.84 bits per heavy atom. The van der Waals surface area contributed by atoms with E-state index in [0.29, 0.717) is 18.2 Å². The van der Waals surface area contributed by atoms with Crippen LogP contribution in [0.4, 0.5) is 0 Å². The quantitative estimate of drug-likeness (QED) is 0.751. The first-order valence-electron chi connectivity index (χ1n) is 7.38. The zero-order valence-electron chi connectivity index (χ0n) is 11.9. The number of aromatic nitrogens is 1. The Bertz CT molecular complexity index is 413. The van der Waals surface area contributed by atoms with Crippen molar-refractivity contribution in [3.05, 3.63) is 24.0 Å². The highest BCUT2D eigenvalue weighted by molar-refractivity contribution is 5.93. The van der Waals surface area contributed by atoms with Gasteiger partial charge in [0.05, 0.1) is 12.3 Å². The third-order valence-corrected chi connectivity index (χ3v) is 3.96. The molecule has 2 unspecified atom stereocenters. The van der Waals surface area contributed by atoms with E-state index in [0.717, 1.165) is 24.5 Å². The van der Waals surface area contributed by atoms with Gasteiger partial charge in [0, 0.05) is 6.42 Å². The number of hydrogen-bond acceptors (Lipinski definition) is 3. The fourth-order valence-electron chi connectivity index (χ4n) is 2.71. The zero-order valence-corrected chi connectivity index (χ0v) is 11.9. The summed E-state index contributed by atoms with van der Waals surface area (Å²) < 4.78 is 5.98. The number of hydrogen-bond donors (Lipinski definition) is 0. The molecule has 0 amide bonds. The van der Waals surface area contributed by atoms with Gasteiger partial charge in [-0.25, -0.2) is 4.98 Å². The highest BCUT2D eigenvalue weighted by atomic mass is 16.5. The minimum Gasteiger partial charge on any atom is -0.489 e. The minimum atomic E-state index is 0.0789. The van der Waals surface area contributed by atoms with Crippen molar-refractivity contribution in [3.8, 4) is 5.75 Å². The van der Waals surface area contributed by atoms with E-state index in [1.807, 2.05) is 13.0 Å². The molecule has 1 aromatic heterocycles. The van der Waals surface area contributed by atoms with Crippen molar-refractivity contribution in [2.75, 3.05) is 0 Å². The first kappa shape index (κ1) is 14.0. The molecule has 3 nitrogen and oxygen atoms in total. The van der Waals surface area contributed by atoms with Gasteiger partial charge in [0.25, 0.3) is 0 Å². The minimum absolute atomic E-state index is 0.0789. The SMILES string of the molecule is CCC(=O)c1ccc(OC2CCCC(CC)C2)cn1. The van der Waals surface area contributed by atoms with E-state index < -0.39 is 0 Å². The molecule has 104 valence electrons. The number of ketones is 1. The normalized spacial score (nSPS) is 23.1. The van der Waals surface area contributed by atoms with Gasteiger partial charge in [-0.2, -0.15) is 0 Å². The molecule has 0 N–H and O–H groups in total. The fraction of sp³-hybridized carbons (Fsp3) is 0.625. The predicted octanol–water partition coefficient (Wildman–Crippen LogP) is 4.02. The molecule has 0 bridgehead atoms. The van der Waals surface area contributed by atoms with E-state index in [9.17, 15) is 4.79 Å². The average Bonchev–Trinajstić information content (AvgIpc) is 2.47. The van der Waals surface area contributed by atoms with Gasteiger partial charge >= 0.3 is 0 Å². The zero-order chi connectivity index (χ0) is 13.7. The number of carbonyl (C=O) groups excluding carboxylic acids is 1. The van der Waals surface area contributed by atoms with Crippen LogP contribution in [-0.2, 0) is 0 Å². The highest BCUT2D eigenvalue weighted by Crippen LogP contribution is 2.29. The summed E-state index contributed by atoms with van der Waals surface area (Å²) in [6, 6.07) is 3.63. The number of pyridine rings is 1. The fourth-order valence-corrected chi connectivity index (χ4v) is 2.71. The maximum absolute atomic E-state index is 11.5. The maximum Gasteiger partial charge on any atom is 0.180 e. The lowest BCUT2D eigenvalue weighted by atomic mass is 9.85. The van der Waals surface area contributed by atoms with Gasteiger partial charge in [0.2, 0.25) is 0 Å². The summed E-state index contributed by atoms with van der Waals surface area (Å²) in [4.78, 5) is 15.7. The molecule has 0 spiro atoms. The van der Waals surface area contributed by atoms with Crippen molar-refractivity contribution < 1.29 is 9.53 Å². The summed E-state index contributed by atoms with van der Waals surface area (Å²) in [7, 11) is 0. The van der Waals surface area contributed by atoms with Gasteiger partial charge in [0.1, 0.15) is 11.4 Å². The van der Waals surface area contributed by atoms with E-state index in [-0.39, 0.29) is 5.78 Å². The molecule has 3 heteroatoms. The summed E-state index contributed by atoms with van der Waals surface area (Å²) in [6.07, 6.45) is 8.59. The summed E-state index contributed by atoms with van der Waals surface area (Å²) in [5.74, 6) is 1.66. The van der Waals surface area contributed by atoms with Crippen molar-refractivity contribution in [1.29, 1.82) is 0 Å². The van der Waals surface area contributed by atoms with Gasteiger partial charge < -0.3 is 4.74 Å². The molecular formula is C16H23NO2. The lowest BCUT2D eigenvalue weighted by Crippen LogP contribution is -2.25. The summed E-state index contributed by atoms with van der Waals surface area (Å²) in [5, 5.41) is 0. The molecular weight excluding hydrogens is 238 g/mol. The van der Waals surface area contributed by atoms with Crippen LogP contribution in [0.2, 0.25) is 0 Å². The molecule has 0 saturated heterocycles. The lowest BCUT2D eigenvalue weighted by Gasteiger charge is -2.28. The van der Waals surface area contributed by atoms with Gasteiger partial charge in [-0.1, -0.05) is 26.7 Å². The molecule has 1 aliphatic carbocycles. The van der Waals surface area contributed by atoms with E-state index in [4.69, 9.17) is 4.74 Å². The maximum atomic E-state index is 11.5. The molecule has 2 rings (SSSR count). The van der Waals surface area contributed by atoms with E-state index >= 15 is 0 Å². The van der Waals surface area contributed by atoms with Crippen LogP contribution in [0.15, 0.2) is 18.3 Å². The van der Waals surface area contributed by atoms with Crippen molar-refractivity contribution in [2.45, 2.75) is 58.5 Å². The van der Waals surface area contributed by atoms with Crippen molar-refractivity contribution in [3.63, 3.8) is 0 Å². The lowest BCUT2D eigenvalue weighted by molar-refractivity contribution is 0.0983. The Labute approximate surface area is 115 Å². The topological polar surface area (TPSA) is 39.2 Å². The number of carbonyl (C=O) groups is 1. The standard InChI is InChI=1S/C16H23NO2/c1-3-12-6-5-7-13(10-12)19-14-8-9-15(17-11-14)16(18)4-2/h8-9,11-13H,3-7,10H2,1-2H3. The van der Waals surface area contributed by atoms with Crippen LogP contribution >= 0.6 is 0 Å². The second-order valence-electron chi connectivity index (χ2n) is 5.34. The van der Waals surface area contributed by atoms with Crippen LogP contribution in [0.3, 0.4) is 0 Å². The van der Waals surface area contributed by atoms with Crippen LogP contribution in [0.25, 0.3) is 0 Å². The Morgan fingerprint density at radius 2 is 2.21 bits per heavy atom. The first-order valence-corrected chi connectivity index (χ1v) is 7.38. The van der Waals surface area contributed by atoms with Crippen LogP contribution in [-0.4, -0.2) is 16.9 Å². The second kappa shape index (κ2) is 6.69. The Hall–Kier alpha value is -1.38. The smallest absolute Gasteiger partial charge is 0.180 e. The second-order valence-corrected chi connectivity index (χ2v) is 5.34. The van der Waals surface area contributed by atoms with Crippen molar-refractivity contribution in [1.82, 2.24) is 4.98 Å². The summed E-state index contributed by atoms with van der Waals surface area (Å²) in [6.45, 7) is 4.10. The first-order chi connectivity index (χ1) is 9.22. The van der Waals surface area contributed by atoms with Crippen LogP contribution in [0, 0.1) is 5.92 Å². The molecule has 1 saturated carbocycles. The molecule has 0 radical (unpaired) electrons. The van der Waals surface area contributed by atoms with E-state index in [1.165, 1.54) is 19.3 Å². The molecule has 0 aliphatic heterocycles. The number of ether oxygens (including phenoxy) is 1. The van der Waals surface area contributed by atoms with Gasteiger partial charge in [-0.3, -0.25) is 4.79 Å². The predicted molar refractivity (Wildman–Crippen MR) is 75.5 cm³/mol. The number of nitrogens with zero attached hydrogens (tertiary/aromatic N) is 1. The summed E-state index contributed by atoms with van der Waals surface area (Å²) >= 11 is 0. The monoisotopic (exact) mass is 261 g/mol. The Balaban J connectivity index is 1.94. The van der Waals surface area contributed by atoms with E-state index in [2.05, 4.69) is 11.9 Å². The van der Waals surface area contributed by atoms with Crippen LogP contribution < -0.4 is 4.74 Å². The average molecular weight is 261 g/mol. The highest BCUT2D eigenvalue weighted by Gasteiger charge is 2.22. The number of rotatable bonds is 5. The third-order valence-electron chi connectivity index (χ3n) is 3.96. The summed E-state index contributed by atoms with van der Waals surface area (Å²) in [5.41, 5.74) is 0.532. The van der Waals surface area contributed by atoms with Gasteiger partial charge in [0.15, 0.2) is 5.78 Å². The van der Waals surface area contributed by atoms with Crippen LogP contribution in [0.1, 0.15) is 62.9 Å². The molecule has 2 atom stereocenters.